The minimum Gasteiger partial charge on any atom is -0.258 e. The molecule has 0 N–H and O–H groups in total. The standard InChI is InChI=1S/C6H4INO2S/c7-4-1-2-6(11)5(3-4)8(9)10/h1-3,11H. The van der Waals surface area contributed by atoms with Gasteiger partial charge in [-0.3, -0.25) is 10.1 Å². The molecule has 0 aromatic heterocycles. The molecule has 1 aromatic rings. The van der Waals surface area contributed by atoms with Gasteiger partial charge in [-0.1, -0.05) is 0 Å². The van der Waals surface area contributed by atoms with Crippen LogP contribution in [0, 0.1) is 13.7 Å². The highest BCUT2D eigenvalue weighted by Gasteiger charge is 2.09. The van der Waals surface area contributed by atoms with E-state index in [1.165, 1.54) is 6.07 Å². The molecule has 0 spiro atoms. The van der Waals surface area contributed by atoms with Gasteiger partial charge in [-0.05, 0) is 34.7 Å². The van der Waals surface area contributed by atoms with Crippen LogP contribution in [0.5, 0.6) is 0 Å². The van der Waals surface area contributed by atoms with E-state index in [9.17, 15) is 10.1 Å². The Bertz CT molecular complexity index is 303. The highest BCUT2D eigenvalue weighted by Crippen LogP contribution is 2.23. The third-order valence-electron chi connectivity index (χ3n) is 1.13. The topological polar surface area (TPSA) is 43.1 Å². The Kier molecular flexibility index (Phi) is 2.72. The van der Waals surface area contributed by atoms with Crippen LogP contribution in [0.2, 0.25) is 0 Å². The predicted molar refractivity (Wildman–Crippen MR) is 53.1 cm³/mol. The van der Waals surface area contributed by atoms with Gasteiger partial charge in [-0.2, -0.15) is 0 Å². The zero-order chi connectivity index (χ0) is 8.43. The Morgan fingerprint density at radius 2 is 2.18 bits per heavy atom. The maximum atomic E-state index is 10.3. The van der Waals surface area contributed by atoms with Gasteiger partial charge in [0.05, 0.1) is 9.82 Å². The van der Waals surface area contributed by atoms with Crippen LogP contribution in [-0.2, 0) is 0 Å². The van der Waals surface area contributed by atoms with Crippen LogP contribution in [0.1, 0.15) is 0 Å². The molecule has 0 amide bonds. The Morgan fingerprint density at radius 3 is 2.64 bits per heavy atom. The number of nitrogens with zero attached hydrogens (tertiary/aromatic N) is 1. The maximum Gasteiger partial charge on any atom is 0.283 e. The van der Waals surface area contributed by atoms with Gasteiger partial charge in [0.25, 0.3) is 5.69 Å². The SMILES string of the molecule is O=[N+]([O-])c1cc(I)ccc1S. The number of hydrogen-bond donors (Lipinski definition) is 1. The summed E-state index contributed by atoms with van der Waals surface area (Å²) in [6.45, 7) is 0. The second kappa shape index (κ2) is 3.40. The summed E-state index contributed by atoms with van der Waals surface area (Å²) in [6, 6.07) is 4.88. The van der Waals surface area contributed by atoms with Crippen LogP contribution in [0.3, 0.4) is 0 Å². The molecule has 1 aromatic carbocycles. The number of halogens is 1. The van der Waals surface area contributed by atoms with E-state index in [1.807, 2.05) is 22.6 Å². The first kappa shape index (κ1) is 8.79. The molecular weight excluding hydrogens is 277 g/mol. The van der Waals surface area contributed by atoms with Gasteiger partial charge in [0, 0.05) is 9.64 Å². The molecule has 0 radical (unpaired) electrons. The van der Waals surface area contributed by atoms with Crippen molar-refractivity contribution in [2.45, 2.75) is 4.90 Å². The molecule has 1 rings (SSSR count). The van der Waals surface area contributed by atoms with Gasteiger partial charge in [0.15, 0.2) is 0 Å². The van der Waals surface area contributed by atoms with Crippen LogP contribution < -0.4 is 0 Å². The van der Waals surface area contributed by atoms with Gasteiger partial charge in [-0.15, -0.1) is 12.6 Å². The number of thiol groups is 1. The van der Waals surface area contributed by atoms with E-state index >= 15 is 0 Å². The molecule has 0 unspecified atom stereocenters. The fraction of sp³-hybridized carbons (Fsp3) is 0. The normalized spacial score (nSPS) is 9.64. The second-order valence-electron chi connectivity index (χ2n) is 1.89. The molecule has 3 nitrogen and oxygen atoms in total. The summed E-state index contributed by atoms with van der Waals surface area (Å²) < 4.78 is 0.840. The molecule has 0 aliphatic heterocycles. The van der Waals surface area contributed by atoms with Crippen molar-refractivity contribution in [1.82, 2.24) is 0 Å². The van der Waals surface area contributed by atoms with Gasteiger partial charge in [0.1, 0.15) is 0 Å². The molecule has 5 heteroatoms. The summed E-state index contributed by atoms with van der Waals surface area (Å²) in [7, 11) is 0. The molecule has 11 heavy (non-hydrogen) atoms. The molecule has 0 bridgehead atoms. The van der Waals surface area contributed by atoms with Crippen molar-refractivity contribution in [2.75, 3.05) is 0 Å². The second-order valence-corrected chi connectivity index (χ2v) is 3.62. The Balaban J connectivity index is 3.23. The van der Waals surface area contributed by atoms with E-state index in [0.717, 1.165) is 3.57 Å². The van der Waals surface area contributed by atoms with Crippen LogP contribution in [0.4, 0.5) is 5.69 Å². The minimum atomic E-state index is -0.440. The van der Waals surface area contributed by atoms with Gasteiger partial charge in [-0.25, -0.2) is 0 Å². The number of hydrogen-bond acceptors (Lipinski definition) is 3. The molecule has 0 saturated heterocycles. The molecule has 58 valence electrons. The predicted octanol–water partition coefficient (Wildman–Crippen LogP) is 2.49. The molecule has 0 aliphatic carbocycles. The first-order chi connectivity index (χ1) is 5.11. The fourth-order valence-corrected chi connectivity index (χ4v) is 1.34. The van der Waals surface area contributed by atoms with Crippen LogP contribution in [0.15, 0.2) is 23.1 Å². The lowest BCUT2D eigenvalue weighted by Gasteiger charge is -1.94. The maximum absolute atomic E-state index is 10.3. The summed E-state index contributed by atoms with van der Waals surface area (Å²) in [5.74, 6) is 0. The van der Waals surface area contributed by atoms with Crippen LogP contribution >= 0.6 is 35.2 Å². The zero-order valence-corrected chi connectivity index (χ0v) is 8.37. The molecular formula is C6H4INO2S. The minimum absolute atomic E-state index is 0.0558. The lowest BCUT2D eigenvalue weighted by atomic mass is 10.3. The Hall–Kier alpha value is -0.300. The summed E-state index contributed by atoms with van der Waals surface area (Å²) in [5, 5.41) is 10.3. The van der Waals surface area contributed by atoms with Crippen LogP contribution in [0.25, 0.3) is 0 Å². The number of nitro groups is 1. The lowest BCUT2D eigenvalue weighted by molar-refractivity contribution is -0.387. The van der Waals surface area contributed by atoms with Gasteiger partial charge in [0.2, 0.25) is 0 Å². The van der Waals surface area contributed by atoms with Crippen LogP contribution in [-0.4, -0.2) is 4.92 Å². The van der Waals surface area contributed by atoms with Crippen molar-refractivity contribution < 1.29 is 4.92 Å². The Labute approximate surface area is 82.5 Å². The third-order valence-corrected chi connectivity index (χ3v) is 2.18. The summed E-state index contributed by atoms with van der Waals surface area (Å²) in [4.78, 5) is 10.3. The Morgan fingerprint density at radius 1 is 1.55 bits per heavy atom. The van der Waals surface area contributed by atoms with Crippen molar-refractivity contribution in [3.63, 3.8) is 0 Å². The summed E-state index contributed by atoms with van der Waals surface area (Å²) >= 11 is 5.96. The largest absolute Gasteiger partial charge is 0.283 e. The third kappa shape index (κ3) is 2.06. The zero-order valence-electron chi connectivity index (χ0n) is 5.32. The van der Waals surface area contributed by atoms with Crippen molar-refractivity contribution in [3.8, 4) is 0 Å². The molecule has 0 aliphatic rings. The first-order valence-corrected chi connectivity index (χ1v) is 4.27. The summed E-state index contributed by atoms with van der Waals surface area (Å²) in [5.41, 5.74) is 0.0558. The van der Waals surface area contributed by atoms with Gasteiger partial charge < -0.3 is 0 Å². The average Bonchev–Trinajstić information content (AvgIpc) is 1.94. The van der Waals surface area contributed by atoms with Crippen molar-refractivity contribution in [2.24, 2.45) is 0 Å². The number of nitro benzene ring substituents is 1. The van der Waals surface area contributed by atoms with Gasteiger partial charge >= 0.3 is 0 Å². The van der Waals surface area contributed by atoms with Crippen molar-refractivity contribution in [3.05, 3.63) is 31.9 Å². The molecule has 0 saturated carbocycles. The highest BCUT2D eigenvalue weighted by atomic mass is 127. The van der Waals surface area contributed by atoms with E-state index in [1.54, 1.807) is 12.1 Å². The van der Waals surface area contributed by atoms with E-state index in [0.29, 0.717) is 4.90 Å². The quantitative estimate of drug-likeness (QED) is 0.372. The van der Waals surface area contributed by atoms with E-state index in [2.05, 4.69) is 12.6 Å². The average molecular weight is 281 g/mol. The molecule has 0 atom stereocenters. The molecule has 0 fully saturated rings. The van der Waals surface area contributed by atoms with E-state index in [4.69, 9.17) is 0 Å². The highest BCUT2D eigenvalue weighted by molar-refractivity contribution is 14.1. The van der Waals surface area contributed by atoms with Crippen molar-refractivity contribution in [1.29, 1.82) is 0 Å². The van der Waals surface area contributed by atoms with E-state index < -0.39 is 4.92 Å². The monoisotopic (exact) mass is 281 g/mol. The first-order valence-electron chi connectivity index (χ1n) is 2.74. The van der Waals surface area contributed by atoms with E-state index in [-0.39, 0.29) is 5.69 Å². The summed E-state index contributed by atoms with van der Waals surface area (Å²) in [6.07, 6.45) is 0. The number of benzene rings is 1. The number of rotatable bonds is 1. The lowest BCUT2D eigenvalue weighted by Crippen LogP contribution is -1.89. The molecule has 0 heterocycles. The van der Waals surface area contributed by atoms with Crippen molar-refractivity contribution >= 4 is 40.9 Å². The fourth-order valence-electron chi connectivity index (χ4n) is 0.643. The smallest absolute Gasteiger partial charge is 0.258 e.